The van der Waals surface area contributed by atoms with Crippen LogP contribution in [0.1, 0.15) is 10.4 Å². The zero-order valence-electron chi connectivity index (χ0n) is 13.4. The van der Waals surface area contributed by atoms with Gasteiger partial charge in [-0.1, -0.05) is 0 Å². The van der Waals surface area contributed by atoms with E-state index >= 15 is 0 Å². The highest BCUT2D eigenvalue weighted by Gasteiger charge is 2.16. The van der Waals surface area contributed by atoms with E-state index in [1.165, 1.54) is 31.3 Å². The zero-order valence-corrected chi connectivity index (χ0v) is 13.4. The van der Waals surface area contributed by atoms with E-state index in [4.69, 9.17) is 9.47 Å². The summed E-state index contributed by atoms with van der Waals surface area (Å²) in [7, 11) is 4.62. The van der Waals surface area contributed by atoms with E-state index < -0.39 is 0 Å². The van der Waals surface area contributed by atoms with Crippen molar-refractivity contribution < 1.29 is 14.3 Å². The molecule has 0 aliphatic heterocycles. The molecule has 0 unspecified atom stereocenters. The lowest BCUT2D eigenvalue weighted by atomic mass is 10.0. The number of carbonyl (C=O) groups is 1. The number of carbonyl (C=O) groups excluding carboxylic acids is 1. The first-order valence-electron chi connectivity index (χ1n) is 7.11. The Balaban J connectivity index is 2.38. The van der Waals surface area contributed by atoms with Gasteiger partial charge in [0.2, 0.25) is 0 Å². The molecule has 0 aliphatic rings. The van der Waals surface area contributed by atoms with Crippen LogP contribution in [0.3, 0.4) is 0 Å². The Hall–Kier alpha value is -3.22. The van der Waals surface area contributed by atoms with Crippen LogP contribution in [0.2, 0.25) is 0 Å². The minimum Gasteiger partial charge on any atom is -0.496 e. The largest absolute Gasteiger partial charge is 0.496 e. The Bertz CT molecular complexity index is 970. The SMILES string of the molecule is COc1cc(-c2cn(C)c(=O)c3cncnc23)cc(OC)c1C=O. The molecule has 7 heteroatoms. The van der Waals surface area contributed by atoms with Crippen molar-refractivity contribution in [2.75, 3.05) is 14.2 Å². The zero-order chi connectivity index (χ0) is 17.3. The van der Waals surface area contributed by atoms with Crippen molar-refractivity contribution in [2.45, 2.75) is 0 Å². The quantitative estimate of drug-likeness (QED) is 0.681. The van der Waals surface area contributed by atoms with E-state index in [0.29, 0.717) is 45.4 Å². The van der Waals surface area contributed by atoms with Crippen LogP contribution in [-0.4, -0.2) is 35.0 Å². The third-order valence-corrected chi connectivity index (χ3v) is 3.81. The first kappa shape index (κ1) is 15.7. The molecule has 0 bridgehead atoms. The minimum atomic E-state index is -0.183. The van der Waals surface area contributed by atoms with Gasteiger partial charge in [-0.25, -0.2) is 9.97 Å². The molecular formula is C17H15N3O4. The number of aldehydes is 1. The topological polar surface area (TPSA) is 83.3 Å². The number of aromatic nitrogens is 3. The second-order valence-electron chi connectivity index (χ2n) is 5.16. The first-order valence-corrected chi connectivity index (χ1v) is 7.11. The summed E-state index contributed by atoms with van der Waals surface area (Å²) < 4.78 is 12.1. The molecule has 3 rings (SSSR count). The average Bonchev–Trinajstić information content (AvgIpc) is 2.63. The molecule has 0 saturated heterocycles. The van der Waals surface area contributed by atoms with Gasteiger partial charge in [-0.05, 0) is 17.7 Å². The van der Waals surface area contributed by atoms with Crippen LogP contribution in [0.15, 0.2) is 35.6 Å². The summed E-state index contributed by atoms with van der Waals surface area (Å²) in [6.07, 6.45) is 5.25. The maximum atomic E-state index is 12.2. The van der Waals surface area contributed by atoms with Gasteiger partial charge in [0, 0.05) is 25.0 Å². The summed E-state index contributed by atoms with van der Waals surface area (Å²) >= 11 is 0. The van der Waals surface area contributed by atoms with Crippen LogP contribution in [-0.2, 0) is 7.05 Å². The van der Waals surface area contributed by atoms with Gasteiger partial charge in [-0.15, -0.1) is 0 Å². The molecule has 0 spiro atoms. The number of hydrogen-bond donors (Lipinski definition) is 0. The fourth-order valence-electron chi connectivity index (χ4n) is 2.63. The van der Waals surface area contributed by atoms with Gasteiger partial charge >= 0.3 is 0 Å². The number of pyridine rings is 1. The van der Waals surface area contributed by atoms with Gasteiger partial charge in [0.1, 0.15) is 17.8 Å². The summed E-state index contributed by atoms with van der Waals surface area (Å²) in [5.41, 5.74) is 2.10. The predicted octanol–water partition coefficient (Wildman–Crippen LogP) is 1.83. The number of aryl methyl sites for hydroxylation is 1. The summed E-state index contributed by atoms with van der Waals surface area (Å²) in [6, 6.07) is 3.43. The van der Waals surface area contributed by atoms with Crippen molar-refractivity contribution in [1.82, 2.24) is 14.5 Å². The Morgan fingerprint density at radius 1 is 1.17 bits per heavy atom. The van der Waals surface area contributed by atoms with Crippen LogP contribution >= 0.6 is 0 Å². The molecule has 7 nitrogen and oxygen atoms in total. The van der Waals surface area contributed by atoms with Crippen molar-refractivity contribution in [3.63, 3.8) is 0 Å². The molecule has 24 heavy (non-hydrogen) atoms. The van der Waals surface area contributed by atoms with Crippen molar-refractivity contribution in [3.8, 4) is 22.6 Å². The molecule has 2 heterocycles. The monoisotopic (exact) mass is 325 g/mol. The Morgan fingerprint density at radius 2 is 1.83 bits per heavy atom. The number of benzene rings is 1. The van der Waals surface area contributed by atoms with Crippen molar-refractivity contribution in [1.29, 1.82) is 0 Å². The van der Waals surface area contributed by atoms with Gasteiger partial charge in [0.05, 0.1) is 30.7 Å². The number of methoxy groups -OCH3 is 2. The highest BCUT2D eigenvalue weighted by Crippen LogP contribution is 2.35. The smallest absolute Gasteiger partial charge is 0.261 e. The summed E-state index contributed by atoms with van der Waals surface area (Å²) in [6.45, 7) is 0. The maximum Gasteiger partial charge on any atom is 0.261 e. The van der Waals surface area contributed by atoms with E-state index in [2.05, 4.69) is 9.97 Å². The van der Waals surface area contributed by atoms with Crippen molar-refractivity contribution in [2.24, 2.45) is 7.05 Å². The van der Waals surface area contributed by atoms with Crippen LogP contribution < -0.4 is 15.0 Å². The minimum absolute atomic E-state index is 0.183. The van der Waals surface area contributed by atoms with E-state index in [-0.39, 0.29) is 5.56 Å². The number of fused-ring (bicyclic) bond motifs is 1. The fraction of sp³-hybridized carbons (Fsp3) is 0.176. The van der Waals surface area contributed by atoms with Crippen LogP contribution in [0.5, 0.6) is 11.5 Å². The van der Waals surface area contributed by atoms with Gasteiger partial charge in [-0.2, -0.15) is 0 Å². The van der Waals surface area contributed by atoms with E-state index in [1.54, 1.807) is 25.4 Å². The summed E-state index contributed by atoms with van der Waals surface area (Å²) in [5.74, 6) is 0.769. The van der Waals surface area contributed by atoms with Crippen molar-refractivity contribution in [3.05, 3.63) is 46.8 Å². The Labute approximate surface area is 137 Å². The standard InChI is InChI=1S/C17H15N3O4/c1-20-7-12(16-11(17(20)22)6-18-9-19-16)10-4-14(23-2)13(8-21)15(5-10)24-3/h4-9H,1-3H3. The Morgan fingerprint density at radius 3 is 2.42 bits per heavy atom. The molecule has 0 radical (unpaired) electrons. The molecule has 122 valence electrons. The number of nitrogens with zero attached hydrogens (tertiary/aromatic N) is 3. The highest BCUT2D eigenvalue weighted by molar-refractivity contribution is 5.94. The van der Waals surface area contributed by atoms with Gasteiger partial charge in [-0.3, -0.25) is 9.59 Å². The molecule has 0 atom stereocenters. The second-order valence-corrected chi connectivity index (χ2v) is 5.16. The molecule has 0 N–H and O–H groups in total. The maximum absolute atomic E-state index is 12.2. The molecule has 0 amide bonds. The van der Waals surface area contributed by atoms with E-state index in [9.17, 15) is 9.59 Å². The van der Waals surface area contributed by atoms with E-state index in [0.717, 1.165) is 0 Å². The van der Waals surface area contributed by atoms with Gasteiger partial charge in [0.15, 0.2) is 6.29 Å². The molecule has 0 fully saturated rings. The normalized spacial score (nSPS) is 10.6. The Kier molecular flexibility index (Phi) is 3.99. The lowest BCUT2D eigenvalue weighted by Crippen LogP contribution is -2.17. The summed E-state index contributed by atoms with van der Waals surface area (Å²) in [4.78, 5) is 31.7. The van der Waals surface area contributed by atoms with Crippen LogP contribution in [0.25, 0.3) is 22.0 Å². The number of hydrogen-bond acceptors (Lipinski definition) is 6. The molecule has 3 aromatic rings. The number of rotatable bonds is 4. The molecule has 1 aromatic carbocycles. The fourth-order valence-corrected chi connectivity index (χ4v) is 2.63. The van der Waals surface area contributed by atoms with Crippen LogP contribution in [0, 0.1) is 0 Å². The highest BCUT2D eigenvalue weighted by atomic mass is 16.5. The number of ether oxygens (including phenoxy) is 2. The van der Waals surface area contributed by atoms with Crippen LogP contribution in [0.4, 0.5) is 0 Å². The van der Waals surface area contributed by atoms with Gasteiger partial charge in [0.25, 0.3) is 5.56 Å². The average molecular weight is 325 g/mol. The molecule has 0 aliphatic carbocycles. The first-order chi connectivity index (χ1) is 11.6. The van der Waals surface area contributed by atoms with E-state index in [1.807, 2.05) is 0 Å². The third-order valence-electron chi connectivity index (χ3n) is 3.81. The molecule has 0 saturated carbocycles. The van der Waals surface area contributed by atoms with Gasteiger partial charge < -0.3 is 14.0 Å². The summed E-state index contributed by atoms with van der Waals surface area (Å²) in [5, 5.41) is 0.412. The molecular weight excluding hydrogens is 310 g/mol. The molecule has 2 aromatic heterocycles. The lowest BCUT2D eigenvalue weighted by molar-refractivity contribution is 0.111. The lowest BCUT2D eigenvalue weighted by Gasteiger charge is -2.13. The predicted molar refractivity (Wildman–Crippen MR) is 88.7 cm³/mol. The third kappa shape index (κ3) is 2.40. The second kappa shape index (κ2) is 6.11. The van der Waals surface area contributed by atoms with Crippen molar-refractivity contribution >= 4 is 17.2 Å².